The Balaban J connectivity index is 1.85. The van der Waals surface area contributed by atoms with E-state index in [1.54, 1.807) is 19.1 Å². The van der Waals surface area contributed by atoms with Crippen LogP contribution >= 0.6 is 23.2 Å². The molecule has 11 nitrogen and oxygen atoms in total. The van der Waals surface area contributed by atoms with E-state index >= 15 is 0 Å². The number of nitro benzene ring substituents is 1. The van der Waals surface area contributed by atoms with Crippen LogP contribution in [0.15, 0.2) is 95.9 Å². The number of halogens is 2. The molecule has 0 radical (unpaired) electrons. The Kier molecular flexibility index (Phi) is 12.0. The zero-order valence-electron chi connectivity index (χ0n) is 26.4. The number of benzene rings is 4. The van der Waals surface area contributed by atoms with Crippen LogP contribution < -0.4 is 14.4 Å². The van der Waals surface area contributed by atoms with Gasteiger partial charge in [0.1, 0.15) is 18.3 Å². The average molecular weight is 714 g/mol. The number of aryl methyl sites for hydroxylation is 1. The summed E-state index contributed by atoms with van der Waals surface area (Å²) in [5, 5.41) is 15.1. The molecule has 0 unspecified atom stereocenters. The molecule has 0 saturated carbocycles. The maximum Gasteiger partial charge on any atom is 0.273 e. The van der Waals surface area contributed by atoms with Gasteiger partial charge in [0.05, 0.1) is 22.6 Å². The van der Waals surface area contributed by atoms with Gasteiger partial charge in [0.25, 0.3) is 15.7 Å². The molecular formula is C34H34Cl2N4O7S. The molecule has 1 atom stereocenters. The maximum absolute atomic E-state index is 14.5. The fraction of sp³-hybridized carbons (Fsp3) is 0.235. The van der Waals surface area contributed by atoms with E-state index in [9.17, 15) is 28.1 Å². The van der Waals surface area contributed by atoms with Gasteiger partial charge in [0.2, 0.25) is 11.8 Å². The summed E-state index contributed by atoms with van der Waals surface area (Å²) in [6.45, 7) is 2.61. The number of nitro groups is 1. The fourth-order valence-electron chi connectivity index (χ4n) is 5.03. The van der Waals surface area contributed by atoms with Crippen molar-refractivity contribution in [2.45, 2.75) is 37.8 Å². The first-order valence-corrected chi connectivity index (χ1v) is 17.0. The van der Waals surface area contributed by atoms with Crippen LogP contribution in [0, 0.1) is 17.0 Å². The first-order valence-electron chi connectivity index (χ1n) is 14.8. The highest BCUT2D eigenvalue weighted by Gasteiger charge is 2.35. The van der Waals surface area contributed by atoms with Gasteiger partial charge < -0.3 is 15.0 Å². The number of anilines is 1. The molecule has 4 aromatic rings. The predicted molar refractivity (Wildman–Crippen MR) is 185 cm³/mol. The van der Waals surface area contributed by atoms with E-state index in [2.05, 4.69) is 5.32 Å². The molecule has 4 aromatic carbocycles. The molecule has 2 amide bonds. The quantitative estimate of drug-likeness (QED) is 0.122. The molecule has 0 heterocycles. The van der Waals surface area contributed by atoms with E-state index in [0.717, 1.165) is 15.9 Å². The number of nitrogens with one attached hydrogen (secondary N) is 1. The number of methoxy groups -OCH3 is 1. The van der Waals surface area contributed by atoms with Crippen molar-refractivity contribution >= 4 is 56.4 Å². The first kappa shape index (κ1) is 36.2. The molecule has 0 aliphatic heterocycles. The van der Waals surface area contributed by atoms with Gasteiger partial charge >= 0.3 is 0 Å². The van der Waals surface area contributed by atoms with Gasteiger partial charge in [-0.3, -0.25) is 24.0 Å². The summed E-state index contributed by atoms with van der Waals surface area (Å²) in [5.74, 6) is -0.742. The van der Waals surface area contributed by atoms with Crippen LogP contribution in [-0.2, 0) is 32.6 Å². The molecule has 0 fully saturated rings. The molecule has 14 heteroatoms. The Bertz CT molecular complexity index is 1890. The van der Waals surface area contributed by atoms with Crippen molar-refractivity contribution in [3.63, 3.8) is 0 Å². The van der Waals surface area contributed by atoms with Crippen LogP contribution in [-0.4, -0.2) is 56.3 Å². The summed E-state index contributed by atoms with van der Waals surface area (Å²) in [6.07, 6.45) is 0.114. The fourth-order valence-corrected chi connectivity index (χ4v) is 6.93. The van der Waals surface area contributed by atoms with E-state index in [1.165, 1.54) is 61.4 Å². The van der Waals surface area contributed by atoms with Crippen molar-refractivity contribution in [3.8, 4) is 5.75 Å². The smallest absolute Gasteiger partial charge is 0.273 e. The minimum Gasteiger partial charge on any atom is -0.497 e. The first-order chi connectivity index (χ1) is 22.8. The van der Waals surface area contributed by atoms with Gasteiger partial charge in [-0.1, -0.05) is 65.7 Å². The van der Waals surface area contributed by atoms with E-state index < -0.39 is 45.0 Å². The zero-order valence-corrected chi connectivity index (χ0v) is 28.8. The standard InChI is InChI=1S/C34H34Cl2N4O7S/c1-4-37-34(42)32(18-24-8-6-5-7-9-24)38(21-25-11-12-26(35)19-30(25)36)33(41)22-39(27-13-15-28(47-3)16-14-27)48(45,46)29-17-10-23(2)31(20-29)40(43)44/h5-17,19-20,32H,4,18,21-22H2,1-3H3,(H,37,42)/t32-/m0/s1. The number of carbonyl (C=O) groups excluding carboxylic acids is 2. The SMILES string of the molecule is CCNC(=O)[C@H](Cc1ccccc1)N(Cc1ccc(Cl)cc1Cl)C(=O)CN(c1ccc(OC)cc1)S(=O)(=O)c1ccc(C)c([N+](=O)[O-])c1. The normalized spacial score (nSPS) is 11.8. The van der Waals surface area contributed by atoms with Gasteiger partial charge in [-0.2, -0.15) is 0 Å². The lowest BCUT2D eigenvalue weighted by Crippen LogP contribution is -2.53. The Labute approximate surface area is 289 Å². The van der Waals surface area contributed by atoms with Crippen LogP contribution in [0.25, 0.3) is 0 Å². The Hall–Kier alpha value is -4.65. The Morgan fingerprint density at radius 2 is 1.67 bits per heavy atom. The number of rotatable bonds is 14. The highest BCUT2D eigenvalue weighted by Crippen LogP contribution is 2.30. The lowest BCUT2D eigenvalue weighted by molar-refractivity contribution is -0.385. The summed E-state index contributed by atoms with van der Waals surface area (Å²) >= 11 is 12.7. The van der Waals surface area contributed by atoms with Crippen LogP contribution in [0.5, 0.6) is 5.75 Å². The number of nitrogens with zero attached hydrogens (tertiary/aromatic N) is 3. The summed E-state index contributed by atoms with van der Waals surface area (Å²) in [5.41, 5.74) is 1.21. The lowest BCUT2D eigenvalue weighted by Gasteiger charge is -2.34. The molecule has 0 aliphatic carbocycles. The number of sulfonamides is 1. The second kappa shape index (κ2) is 16.0. The highest BCUT2D eigenvalue weighted by molar-refractivity contribution is 7.92. The number of hydrogen-bond acceptors (Lipinski definition) is 7. The zero-order chi connectivity index (χ0) is 35.0. The molecule has 1 N–H and O–H groups in total. The lowest BCUT2D eigenvalue weighted by atomic mass is 10.0. The van der Waals surface area contributed by atoms with Crippen LogP contribution in [0.3, 0.4) is 0 Å². The summed E-state index contributed by atoms with van der Waals surface area (Å²) in [6, 6.07) is 22.3. The Morgan fingerprint density at radius 3 is 2.27 bits per heavy atom. The van der Waals surface area contributed by atoms with Gasteiger partial charge in [0.15, 0.2) is 0 Å². The molecule has 252 valence electrons. The third-order valence-corrected chi connectivity index (χ3v) is 9.94. The summed E-state index contributed by atoms with van der Waals surface area (Å²) < 4.78 is 34.6. The van der Waals surface area contributed by atoms with Crippen molar-refractivity contribution in [2.24, 2.45) is 0 Å². The van der Waals surface area contributed by atoms with E-state index in [0.29, 0.717) is 16.3 Å². The summed E-state index contributed by atoms with van der Waals surface area (Å²) in [4.78, 5) is 40.1. The average Bonchev–Trinajstić information content (AvgIpc) is 3.06. The molecule has 48 heavy (non-hydrogen) atoms. The Morgan fingerprint density at radius 1 is 0.979 bits per heavy atom. The van der Waals surface area contributed by atoms with Crippen LogP contribution in [0.2, 0.25) is 10.0 Å². The number of amides is 2. The van der Waals surface area contributed by atoms with Crippen molar-refractivity contribution in [1.82, 2.24) is 10.2 Å². The third-order valence-electron chi connectivity index (χ3n) is 7.58. The number of likely N-dealkylation sites (N-methyl/N-ethyl adjacent to an activating group) is 1. The molecule has 0 saturated heterocycles. The maximum atomic E-state index is 14.5. The topological polar surface area (TPSA) is 139 Å². The second-order valence-electron chi connectivity index (χ2n) is 10.8. The number of ether oxygens (including phenoxy) is 1. The molecular weight excluding hydrogens is 679 g/mol. The van der Waals surface area contributed by atoms with Gasteiger partial charge in [0, 0.05) is 41.2 Å². The van der Waals surface area contributed by atoms with Crippen molar-refractivity contribution in [3.05, 3.63) is 128 Å². The van der Waals surface area contributed by atoms with Crippen LogP contribution in [0.4, 0.5) is 11.4 Å². The minimum atomic E-state index is -4.58. The van der Waals surface area contributed by atoms with Crippen LogP contribution in [0.1, 0.15) is 23.6 Å². The number of carbonyl (C=O) groups is 2. The molecule has 0 spiro atoms. The summed E-state index contributed by atoms with van der Waals surface area (Å²) in [7, 11) is -3.13. The van der Waals surface area contributed by atoms with Crippen molar-refractivity contribution < 1.29 is 27.7 Å². The van der Waals surface area contributed by atoms with E-state index in [1.807, 2.05) is 30.3 Å². The predicted octanol–water partition coefficient (Wildman–Crippen LogP) is 6.19. The minimum absolute atomic E-state index is 0.0921. The molecule has 0 aliphatic rings. The number of hydrogen-bond donors (Lipinski definition) is 1. The van der Waals surface area contributed by atoms with Gasteiger partial charge in [-0.05, 0) is 67.4 Å². The van der Waals surface area contributed by atoms with E-state index in [-0.39, 0.29) is 40.7 Å². The van der Waals surface area contributed by atoms with E-state index in [4.69, 9.17) is 27.9 Å². The highest BCUT2D eigenvalue weighted by atomic mass is 35.5. The molecule has 0 aromatic heterocycles. The van der Waals surface area contributed by atoms with Crippen molar-refractivity contribution in [1.29, 1.82) is 0 Å². The largest absolute Gasteiger partial charge is 0.497 e. The van der Waals surface area contributed by atoms with Gasteiger partial charge in [-0.15, -0.1) is 0 Å². The van der Waals surface area contributed by atoms with Gasteiger partial charge in [-0.25, -0.2) is 8.42 Å². The molecule has 0 bridgehead atoms. The monoisotopic (exact) mass is 712 g/mol. The third kappa shape index (κ3) is 8.62. The second-order valence-corrected chi connectivity index (χ2v) is 13.5. The van der Waals surface area contributed by atoms with Crippen molar-refractivity contribution in [2.75, 3.05) is 24.5 Å². The molecule has 4 rings (SSSR count).